The molecule has 2 heterocycles. The second-order valence-electron chi connectivity index (χ2n) is 3.57. The minimum atomic E-state index is 0.453. The minimum Gasteiger partial charge on any atom is -0.307 e. The average Bonchev–Trinajstić information content (AvgIpc) is 2.17. The number of nitrogens with one attached hydrogen (secondary N) is 1. The maximum atomic E-state index is 5.88. The fourth-order valence-corrected chi connectivity index (χ4v) is 2.21. The van der Waals surface area contributed by atoms with Crippen molar-refractivity contribution < 1.29 is 0 Å². The van der Waals surface area contributed by atoms with Crippen molar-refractivity contribution in [3.63, 3.8) is 0 Å². The smallest absolute Gasteiger partial charge is 0.131 e. The van der Waals surface area contributed by atoms with Gasteiger partial charge in [0.25, 0.3) is 0 Å². The summed E-state index contributed by atoms with van der Waals surface area (Å²) in [5.74, 6) is 0. The molecule has 3 nitrogen and oxygen atoms in total. The van der Waals surface area contributed by atoms with Gasteiger partial charge in [-0.1, -0.05) is 11.6 Å². The third kappa shape index (κ3) is 2.77. The molecule has 15 heavy (non-hydrogen) atoms. The molecule has 0 unspecified atom stereocenters. The van der Waals surface area contributed by atoms with E-state index in [1.165, 1.54) is 0 Å². The molecule has 2 rings (SSSR count). The third-order valence-corrected chi connectivity index (χ3v) is 2.87. The summed E-state index contributed by atoms with van der Waals surface area (Å²) in [6.45, 7) is 3.72. The molecule has 1 N–H and O–H groups in total. The Labute approximate surface area is 102 Å². The number of halogens is 2. The summed E-state index contributed by atoms with van der Waals surface area (Å²) in [5, 5.41) is 3.85. The predicted molar refractivity (Wildman–Crippen MR) is 65.8 cm³/mol. The van der Waals surface area contributed by atoms with Gasteiger partial charge in [0.1, 0.15) is 9.76 Å². The Kier molecular flexibility index (Phi) is 3.38. The van der Waals surface area contributed by atoms with Crippen LogP contribution in [-0.4, -0.2) is 29.8 Å². The number of pyridine rings is 1. The van der Waals surface area contributed by atoms with Gasteiger partial charge in [0.05, 0.1) is 12.3 Å². The highest BCUT2D eigenvalue weighted by atomic mass is 79.9. The molecule has 0 radical (unpaired) electrons. The molecule has 0 amide bonds. The number of rotatable bonds is 1. The lowest BCUT2D eigenvalue weighted by molar-refractivity contribution is 0.581. The van der Waals surface area contributed by atoms with E-state index in [0.717, 1.165) is 29.0 Å². The van der Waals surface area contributed by atoms with E-state index in [-0.39, 0.29) is 0 Å². The topological polar surface area (TPSA) is 37.3 Å². The first-order valence-electron chi connectivity index (χ1n) is 4.75. The first-order chi connectivity index (χ1) is 7.15. The van der Waals surface area contributed by atoms with Gasteiger partial charge in [-0.2, -0.15) is 0 Å². The van der Waals surface area contributed by atoms with E-state index < -0.39 is 0 Å². The molecule has 0 aromatic carbocycles. The van der Waals surface area contributed by atoms with Crippen LogP contribution in [0.25, 0.3) is 0 Å². The number of hydrogen-bond acceptors (Lipinski definition) is 3. The molecule has 0 saturated carbocycles. The lowest BCUT2D eigenvalue weighted by Crippen LogP contribution is -2.38. The van der Waals surface area contributed by atoms with Gasteiger partial charge in [0.2, 0.25) is 0 Å². The van der Waals surface area contributed by atoms with Crippen molar-refractivity contribution in [2.75, 3.05) is 13.1 Å². The van der Waals surface area contributed by atoms with Crippen LogP contribution in [0.1, 0.15) is 12.5 Å². The maximum absolute atomic E-state index is 5.88. The van der Waals surface area contributed by atoms with E-state index in [1.54, 1.807) is 0 Å². The minimum absolute atomic E-state index is 0.453. The summed E-state index contributed by atoms with van der Waals surface area (Å²) in [6.07, 6.45) is 0. The molecule has 0 saturated heterocycles. The molecule has 5 heteroatoms. The van der Waals surface area contributed by atoms with Crippen molar-refractivity contribution in [1.29, 1.82) is 0 Å². The van der Waals surface area contributed by atoms with Gasteiger partial charge >= 0.3 is 0 Å². The van der Waals surface area contributed by atoms with Crippen molar-refractivity contribution in [3.8, 4) is 0 Å². The molecule has 80 valence electrons. The molecule has 1 aromatic rings. The van der Waals surface area contributed by atoms with Gasteiger partial charge in [-0.3, -0.25) is 4.99 Å². The highest BCUT2D eigenvalue weighted by Crippen LogP contribution is 2.16. The zero-order valence-electron chi connectivity index (χ0n) is 8.30. The van der Waals surface area contributed by atoms with Crippen LogP contribution < -0.4 is 5.32 Å². The van der Waals surface area contributed by atoms with Gasteiger partial charge in [-0.25, -0.2) is 4.98 Å². The van der Waals surface area contributed by atoms with Crippen LogP contribution in [0, 0.1) is 0 Å². The largest absolute Gasteiger partial charge is 0.307 e. The van der Waals surface area contributed by atoms with Gasteiger partial charge < -0.3 is 5.32 Å². The Morgan fingerprint density at radius 3 is 2.93 bits per heavy atom. The maximum Gasteiger partial charge on any atom is 0.131 e. The van der Waals surface area contributed by atoms with Crippen LogP contribution in [0.3, 0.4) is 0 Å². The summed E-state index contributed by atoms with van der Waals surface area (Å²) < 4.78 is 0.742. The van der Waals surface area contributed by atoms with E-state index in [1.807, 2.05) is 12.1 Å². The molecular weight excluding hydrogens is 277 g/mol. The Hall–Kier alpha value is -0.450. The van der Waals surface area contributed by atoms with Gasteiger partial charge in [0.15, 0.2) is 0 Å². The van der Waals surface area contributed by atoms with Crippen LogP contribution >= 0.6 is 27.5 Å². The van der Waals surface area contributed by atoms with E-state index in [0.29, 0.717) is 11.2 Å². The van der Waals surface area contributed by atoms with E-state index >= 15 is 0 Å². The molecule has 0 spiro atoms. The fourth-order valence-electron chi connectivity index (χ4n) is 1.46. The molecule has 1 aromatic heterocycles. The summed E-state index contributed by atoms with van der Waals surface area (Å²) in [7, 11) is 0. The molecule has 1 atom stereocenters. The van der Waals surface area contributed by atoms with E-state index in [9.17, 15) is 0 Å². The summed E-state index contributed by atoms with van der Waals surface area (Å²) in [6, 6.07) is 4.22. The van der Waals surface area contributed by atoms with Crippen LogP contribution in [0.2, 0.25) is 5.15 Å². The Morgan fingerprint density at radius 2 is 2.33 bits per heavy atom. The molecule has 1 aliphatic rings. The second kappa shape index (κ2) is 4.60. The van der Waals surface area contributed by atoms with Crippen molar-refractivity contribution in [2.24, 2.45) is 4.99 Å². The first-order valence-corrected chi connectivity index (χ1v) is 5.92. The number of nitrogens with zero attached hydrogens (tertiary/aromatic N) is 2. The highest BCUT2D eigenvalue weighted by molar-refractivity contribution is 9.10. The third-order valence-electron chi connectivity index (χ3n) is 2.27. The summed E-state index contributed by atoms with van der Waals surface area (Å²) >= 11 is 9.20. The van der Waals surface area contributed by atoms with Gasteiger partial charge in [0, 0.05) is 18.2 Å². The fraction of sp³-hybridized carbons (Fsp3) is 0.400. The van der Waals surface area contributed by atoms with Crippen molar-refractivity contribution in [1.82, 2.24) is 10.3 Å². The number of aliphatic imine (C=N–C) groups is 1. The van der Waals surface area contributed by atoms with Crippen LogP contribution in [0.4, 0.5) is 0 Å². The first kappa shape index (κ1) is 11.0. The lowest BCUT2D eigenvalue weighted by atomic mass is 10.1. The van der Waals surface area contributed by atoms with Gasteiger partial charge in [-0.15, -0.1) is 0 Å². The normalized spacial score (nSPS) is 21.3. The molecule has 0 aliphatic carbocycles. The Bertz CT molecular complexity index is 385. The molecule has 0 fully saturated rings. The van der Waals surface area contributed by atoms with Crippen molar-refractivity contribution >= 4 is 33.2 Å². The Morgan fingerprint density at radius 1 is 1.53 bits per heavy atom. The SMILES string of the molecule is C[C@H]1CN=C(c2cc(Cl)nc(Br)c2)CN1. The van der Waals surface area contributed by atoms with Crippen LogP contribution in [-0.2, 0) is 0 Å². The summed E-state index contributed by atoms with van der Waals surface area (Å²) in [5.41, 5.74) is 2.07. The Balaban J connectivity index is 2.29. The van der Waals surface area contributed by atoms with E-state index in [2.05, 4.69) is 38.1 Å². The van der Waals surface area contributed by atoms with Crippen LogP contribution in [0.15, 0.2) is 21.7 Å². The monoisotopic (exact) mass is 287 g/mol. The molecule has 1 aliphatic heterocycles. The van der Waals surface area contributed by atoms with Crippen molar-refractivity contribution in [3.05, 3.63) is 27.5 Å². The van der Waals surface area contributed by atoms with E-state index in [4.69, 9.17) is 11.6 Å². The zero-order chi connectivity index (χ0) is 10.8. The lowest BCUT2D eigenvalue weighted by Gasteiger charge is -2.19. The van der Waals surface area contributed by atoms with Crippen LogP contribution in [0.5, 0.6) is 0 Å². The predicted octanol–water partition coefficient (Wildman–Crippen LogP) is 2.28. The quantitative estimate of drug-likeness (QED) is 0.805. The standard InChI is InChI=1S/C10H11BrClN3/c1-6-4-14-8(5-13-6)7-2-9(11)15-10(12)3-7/h2-3,6,13H,4-5H2,1H3/t6-/m0/s1. The van der Waals surface area contributed by atoms with Gasteiger partial charge in [-0.05, 0) is 35.0 Å². The van der Waals surface area contributed by atoms with Crippen molar-refractivity contribution in [2.45, 2.75) is 13.0 Å². The average molecular weight is 289 g/mol. The highest BCUT2D eigenvalue weighted by Gasteiger charge is 2.13. The molecule has 0 bridgehead atoms. The summed E-state index contributed by atoms with van der Waals surface area (Å²) in [4.78, 5) is 8.56. The number of aromatic nitrogens is 1. The second-order valence-corrected chi connectivity index (χ2v) is 4.77. The zero-order valence-corrected chi connectivity index (χ0v) is 10.6. The number of hydrogen-bond donors (Lipinski definition) is 1. The molecular formula is C10H11BrClN3.